The quantitative estimate of drug-likeness (QED) is 0.0716. The predicted octanol–water partition coefficient (Wildman–Crippen LogP) is 5.84. The molecule has 3 aliphatic rings. The van der Waals surface area contributed by atoms with Crippen LogP contribution in [0, 0.1) is 15.5 Å². The number of fused-ring (bicyclic) bond motifs is 5. The molecule has 1 saturated heterocycles. The molecule has 1 aliphatic carbocycles. The molecule has 4 aromatic carbocycles. The van der Waals surface area contributed by atoms with E-state index in [4.69, 9.17) is 4.74 Å². The first-order valence-corrected chi connectivity index (χ1v) is 14.1. The summed E-state index contributed by atoms with van der Waals surface area (Å²) >= 11 is 0. The molecule has 9 heteroatoms. The Kier molecular flexibility index (Phi) is 6.14. The number of nitro benzene ring substituents is 1. The lowest BCUT2D eigenvalue weighted by atomic mass is 9.64. The highest BCUT2D eigenvalue weighted by atomic mass is 16.6. The van der Waals surface area contributed by atoms with Crippen molar-refractivity contribution in [2.24, 2.45) is 5.41 Å². The van der Waals surface area contributed by atoms with Gasteiger partial charge < -0.3 is 9.64 Å². The van der Waals surface area contributed by atoms with Crippen molar-refractivity contribution in [1.82, 2.24) is 0 Å². The molecule has 0 radical (unpaired) electrons. The van der Waals surface area contributed by atoms with Crippen molar-refractivity contribution in [3.63, 3.8) is 0 Å². The van der Waals surface area contributed by atoms with Crippen LogP contribution in [0.4, 0.5) is 11.4 Å². The van der Waals surface area contributed by atoms with E-state index in [0.717, 1.165) is 0 Å². The number of ketones is 3. The van der Waals surface area contributed by atoms with E-state index in [-0.39, 0.29) is 28.3 Å². The van der Waals surface area contributed by atoms with Gasteiger partial charge in [-0.2, -0.15) is 0 Å². The van der Waals surface area contributed by atoms with Crippen LogP contribution >= 0.6 is 0 Å². The van der Waals surface area contributed by atoms with Crippen molar-refractivity contribution in [3.8, 4) is 5.75 Å². The van der Waals surface area contributed by atoms with Crippen molar-refractivity contribution in [3.05, 3.63) is 141 Å². The molecule has 0 N–H and O–H groups in total. The second kappa shape index (κ2) is 9.95. The van der Waals surface area contributed by atoms with E-state index >= 15 is 0 Å². The highest BCUT2D eigenvalue weighted by molar-refractivity contribution is 6.32. The van der Waals surface area contributed by atoms with Gasteiger partial charge in [0.25, 0.3) is 5.69 Å². The van der Waals surface area contributed by atoms with E-state index in [1.54, 1.807) is 89.8 Å². The number of carbonyl (C=O) groups excluding carboxylic acids is 4. The first kappa shape index (κ1) is 27.2. The van der Waals surface area contributed by atoms with Gasteiger partial charge in [0.05, 0.1) is 16.7 Å². The number of hydrogen-bond acceptors (Lipinski definition) is 8. The molecule has 4 aromatic rings. The minimum Gasteiger partial charge on any atom is -0.424 e. The number of carbonyl (C=O) groups is 4. The monoisotopic (exact) mass is 584 g/mol. The Morgan fingerprint density at radius 2 is 1.48 bits per heavy atom. The predicted molar refractivity (Wildman–Crippen MR) is 161 cm³/mol. The van der Waals surface area contributed by atoms with Crippen molar-refractivity contribution < 1.29 is 28.8 Å². The van der Waals surface area contributed by atoms with E-state index in [1.807, 2.05) is 0 Å². The van der Waals surface area contributed by atoms with Crippen molar-refractivity contribution in [2.75, 3.05) is 4.90 Å². The fourth-order valence-electron chi connectivity index (χ4n) is 7.17. The van der Waals surface area contributed by atoms with Gasteiger partial charge in [-0.3, -0.25) is 29.3 Å². The minimum atomic E-state index is -1.80. The molecule has 0 saturated carbocycles. The third-order valence-electron chi connectivity index (χ3n) is 8.83. The van der Waals surface area contributed by atoms with Crippen LogP contribution in [0.2, 0.25) is 0 Å². The van der Waals surface area contributed by atoms with Gasteiger partial charge in [0.1, 0.15) is 11.5 Å². The van der Waals surface area contributed by atoms with Gasteiger partial charge >= 0.3 is 5.97 Å². The lowest BCUT2D eigenvalue weighted by Gasteiger charge is -2.37. The molecule has 0 unspecified atom stereocenters. The first-order chi connectivity index (χ1) is 21.2. The fraction of sp³-hybridized carbons (Fsp3) is 0.143. The number of nitrogens with zero attached hydrogens (tertiary/aromatic N) is 2. The van der Waals surface area contributed by atoms with Gasteiger partial charge in [-0.25, -0.2) is 0 Å². The Morgan fingerprint density at radius 3 is 2.09 bits per heavy atom. The van der Waals surface area contributed by atoms with Crippen LogP contribution in [-0.4, -0.2) is 40.3 Å². The topological polar surface area (TPSA) is 124 Å². The van der Waals surface area contributed by atoms with Crippen molar-refractivity contribution in [2.45, 2.75) is 24.9 Å². The summed E-state index contributed by atoms with van der Waals surface area (Å²) in [6, 6.07) is 23.9. The number of ether oxygens (including phenoxy) is 1. The SMILES string of the molecule is CC(=O)Oc1cccc2c1N1[C@H](C(=O)c3ccccc3)[C@H](c3ccc([N+](=O)[O-])cc3)C3(C(=O)c4ccccc4C3=O)[C@H]1C=C2. The van der Waals surface area contributed by atoms with Crippen LogP contribution in [0.3, 0.4) is 0 Å². The van der Waals surface area contributed by atoms with E-state index in [1.165, 1.54) is 31.2 Å². The van der Waals surface area contributed by atoms with E-state index < -0.39 is 45.9 Å². The molecular formula is C35H24N2O7. The summed E-state index contributed by atoms with van der Waals surface area (Å²) in [7, 11) is 0. The third kappa shape index (κ3) is 3.72. The van der Waals surface area contributed by atoms with Crippen LogP contribution < -0.4 is 9.64 Å². The second-order valence-corrected chi connectivity index (χ2v) is 11.1. The summed E-state index contributed by atoms with van der Waals surface area (Å²) in [5.41, 5.74) is 0.372. The number of Topliss-reactive ketones (excluding diaryl/α,β-unsaturated/α-hetero) is 3. The van der Waals surface area contributed by atoms with E-state index in [0.29, 0.717) is 22.4 Å². The van der Waals surface area contributed by atoms with E-state index in [9.17, 15) is 29.3 Å². The highest BCUT2D eigenvalue weighted by Crippen LogP contribution is 2.62. The van der Waals surface area contributed by atoms with Crippen LogP contribution in [0.1, 0.15) is 55.0 Å². The smallest absolute Gasteiger partial charge is 0.308 e. The number of nitro groups is 1. The molecule has 7 rings (SSSR count). The zero-order valence-electron chi connectivity index (χ0n) is 23.4. The molecule has 9 nitrogen and oxygen atoms in total. The number of non-ortho nitro benzene ring substituents is 1. The Labute approximate surface area is 251 Å². The summed E-state index contributed by atoms with van der Waals surface area (Å²) in [6.45, 7) is 1.27. The molecule has 2 aliphatic heterocycles. The maximum atomic E-state index is 14.7. The molecule has 216 valence electrons. The number of para-hydroxylation sites is 1. The Hall–Kier alpha value is -5.70. The van der Waals surface area contributed by atoms with Crippen molar-refractivity contribution >= 4 is 40.8 Å². The average Bonchev–Trinajstić information content (AvgIpc) is 3.47. The maximum absolute atomic E-state index is 14.7. The molecule has 44 heavy (non-hydrogen) atoms. The van der Waals surface area contributed by atoms with Crippen LogP contribution in [0.15, 0.2) is 103 Å². The second-order valence-electron chi connectivity index (χ2n) is 11.1. The van der Waals surface area contributed by atoms with Crippen LogP contribution in [0.25, 0.3) is 6.08 Å². The zero-order valence-corrected chi connectivity index (χ0v) is 23.4. The molecule has 2 heterocycles. The zero-order chi connectivity index (χ0) is 30.7. The number of rotatable bonds is 5. The molecule has 1 fully saturated rings. The third-order valence-corrected chi connectivity index (χ3v) is 8.83. The van der Waals surface area contributed by atoms with Crippen LogP contribution in [0.5, 0.6) is 5.75 Å². The minimum absolute atomic E-state index is 0.167. The summed E-state index contributed by atoms with van der Waals surface area (Å²) < 4.78 is 5.63. The molecular weight excluding hydrogens is 560 g/mol. The van der Waals surface area contributed by atoms with Crippen molar-refractivity contribution in [1.29, 1.82) is 0 Å². The average molecular weight is 585 g/mol. The Bertz CT molecular complexity index is 1900. The number of anilines is 1. The largest absolute Gasteiger partial charge is 0.424 e. The number of benzene rings is 4. The van der Waals surface area contributed by atoms with Gasteiger partial charge in [0, 0.05) is 47.2 Å². The fourth-order valence-corrected chi connectivity index (χ4v) is 7.17. The van der Waals surface area contributed by atoms with Gasteiger partial charge in [0.15, 0.2) is 23.1 Å². The normalized spacial score (nSPS) is 20.7. The van der Waals surface area contributed by atoms with Gasteiger partial charge in [-0.05, 0) is 11.6 Å². The van der Waals surface area contributed by atoms with Crippen LogP contribution in [-0.2, 0) is 4.79 Å². The maximum Gasteiger partial charge on any atom is 0.308 e. The molecule has 0 bridgehead atoms. The summed E-state index contributed by atoms with van der Waals surface area (Å²) in [6.07, 6.45) is 3.54. The van der Waals surface area contributed by atoms with Gasteiger partial charge in [-0.15, -0.1) is 0 Å². The number of esters is 1. The standard InChI is InChI=1S/C35H24N2O7/c1-20(38)44-27-13-7-10-22-16-19-28-35(33(40)25-11-5-6-12-26(25)34(35)41)29(21-14-17-24(18-15-21)37(42)43)31(36(28)30(22)27)32(39)23-8-3-2-4-9-23/h2-19,28-29,31H,1H3/t28-,29+,31+/m1/s1. The molecule has 0 amide bonds. The van der Waals surface area contributed by atoms with Gasteiger partial charge in [-0.1, -0.05) is 91.0 Å². The molecule has 0 aromatic heterocycles. The lowest BCUT2D eigenvalue weighted by Crippen LogP contribution is -2.48. The molecule has 1 spiro atoms. The Balaban J connectivity index is 1.56. The van der Waals surface area contributed by atoms with E-state index in [2.05, 4.69) is 0 Å². The lowest BCUT2D eigenvalue weighted by molar-refractivity contribution is -0.384. The summed E-state index contributed by atoms with van der Waals surface area (Å²) in [5, 5.41) is 11.5. The highest BCUT2D eigenvalue weighted by Gasteiger charge is 2.71. The first-order valence-electron chi connectivity index (χ1n) is 14.1. The number of hydrogen-bond donors (Lipinski definition) is 0. The Morgan fingerprint density at radius 1 is 0.841 bits per heavy atom. The molecule has 3 atom stereocenters. The van der Waals surface area contributed by atoms with Gasteiger partial charge in [0.2, 0.25) is 0 Å². The summed E-state index contributed by atoms with van der Waals surface area (Å²) in [4.78, 5) is 69.2. The summed E-state index contributed by atoms with van der Waals surface area (Å²) in [5.74, 6) is -2.67.